The van der Waals surface area contributed by atoms with Crippen LogP contribution >= 0.6 is 11.6 Å². The first-order valence-corrected chi connectivity index (χ1v) is 8.91. The Bertz CT molecular complexity index is 1020. The number of nitro benzene ring substituents is 1. The molecule has 0 heterocycles. The molecule has 0 atom stereocenters. The van der Waals surface area contributed by atoms with Crippen molar-refractivity contribution in [1.29, 1.82) is 0 Å². The van der Waals surface area contributed by atoms with Gasteiger partial charge in [0.2, 0.25) is 0 Å². The highest BCUT2D eigenvalue weighted by Gasteiger charge is 2.39. The number of hydrogen-bond donors (Lipinski definition) is 2. The number of amides is 1. The SMILES string of the molecule is O=C(N/N=C\c1ccc(Cl)c([N+](=O)[O-])c1)C(O)(c1ccccc1)c1ccccc1. The summed E-state index contributed by atoms with van der Waals surface area (Å²) in [5.74, 6) is -0.769. The minimum absolute atomic E-state index is 0.00119. The highest BCUT2D eigenvalue weighted by atomic mass is 35.5. The maximum atomic E-state index is 12.9. The van der Waals surface area contributed by atoms with Gasteiger partial charge in [-0.15, -0.1) is 0 Å². The minimum Gasteiger partial charge on any atom is -0.372 e. The van der Waals surface area contributed by atoms with Gasteiger partial charge in [-0.1, -0.05) is 78.3 Å². The van der Waals surface area contributed by atoms with Gasteiger partial charge < -0.3 is 5.11 Å². The summed E-state index contributed by atoms with van der Waals surface area (Å²) in [5, 5.41) is 26.1. The van der Waals surface area contributed by atoms with Crippen molar-refractivity contribution < 1.29 is 14.8 Å². The van der Waals surface area contributed by atoms with Gasteiger partial charge in [0.25, 0.3) is 11.6 Å². The van der Waals surface area contributed by atoms with Gasteiger partial charge in [-0.25, -0.2) is 5.43 Å². The fraction of sp³-hybridized carbons (Fsp3) is 0.0476. The number of nitro groups is 1. The third kappa shape index (κ3) is 4.31. The van der Waals surface area contributed by atoms with E-state index < -0.39 is 16.4 Å². The molecule has 3 aromatic rings. The summed E-state index contributed by atoms with van der Waals surface area (Å²) in [7, 11) is 0. The smallest absolute Gasteiger partial charge is 0.288 e. The molecule has 3 rings (SSSR count). The number of benzene rings is 3. The lowest BCUT2D eigenvalue weighted by molar-refractivity contribution is -0.384. The van der Waals surface area contributed by atoms with Crippen molar-refractivity contribution in [3.8, 4) is 0 Å². The van der Waals surface area contributed by atoms with Crippen LogP contribution in [-0.2, 0) is 10.4 Å². The largest absolute Gasteiger partial charge is 0.372 e. The molecule has 0 aromatic heterocycles. The number of carbonyl (C=O) groups is 1. The van der Waals surface area contributed by atoms with Crippen LogP contribution < -0.4 is 5.43 Å². The molecule has 8 heteroatoms. The number of nitrogens with zero attached hydrogens (tertiary/aromatic N) is 2. The molecule has 146 valence electrons. The summed E-state index contributed by atoms with van der Waals surface area (Å²) in [6.07, 6.45) is 1.23. The molecule has 0 radical (unpaired) electrons. The van der Waals surface area contributed by atoms with Crippen LogP contribution in [0.4, 0.5) is 5.69 Å². The van der Waals surface area contributed by atoms with Crippen molar-refractivity contribution in [1.82, 2.24) is 5.43 Å². The Balaban J connectivity index is 1.88. The van der Waals surface area contributed by atoms with Crippen LogP contribution in [0.2, 0.25) is 5.02 Å². The first-order chi connectivity index (χ1) is 13.9. The Morgan fingerprint density at radius 2 is 1.59 bits per heavy atom. The van der Waals surface area contributed by atoms with Crippen LogP contribution in [0.25, 0.3) is 0 Å². The van der Waals surface area contributed by atoms with Crippen LogP contribution in [0.1, 0.15) is 16.7 Å². The molecule has 0 fully saturated rings. The summed E-state index contributed by atoms with van der Waals surface area (Å²) >= 11 is 5.78. The predicted molar refractivity (Wildman–Crippen MR) is 110 cm³/mol. The van der Waals surface area contributed by atoms with Gasteiger partial charge in [0.1, 0.15) is 5.02 Å². The molecule has 0 saturated carbocycles. The normalized spacial score (nSPS) is 11.4. The van der Waals surface area contributed by atoms with Crippen LogP contribution in [0.5, 0.6) is 0 Å². The molecule has 3 aromatic carbocycles. The van der Waals surface area contributed by atoms with E-state index >= 15 is 0 Å². The van der Waals surface area contributed by atoms with Crippen molar-refractivity contribution in [2.45, 2.75) is 5.60 Å². The van der Waals surface area contributed by atoms with E-state index in [4.69, 9.17) is 11.6 Å². The first kappa shape index (κ1) is 20.2. The number of halogens is 1. The van der Waals surface area contributed by atoms with Gasteiger partial charge in [0.15, 0.2) is 5.60 Å². The molecule has 0 aliphatic rings. The summed E-state index contributed by atoms with van der Waals surface area (Å²) in [5.41, 5.74) is 1.19. The van der Waals surface area contributed by atoms with Gasteiger partial charge >= 0.3 is 0 Å². The minimum atomic E-state index is -1.97. The lowest BCUT2D eigenvalue weighted by Gasteiger charge is -2.27. The van der Waals surface area contributed by atoms with Gasteiger partial charge in [-0.3, -0.25) is 14.9 Å². The van der Waals surface area contributed by atoms with Crippen molar-refractivity contribution in [3.05, 3.63) is 111 Å². The van der Waals surface area contributed by atoms with Crippen LogP contribution in [0.15, 0.2) is 84.0 Å². The number of nitrogens with one attached hydrogen (secondary N) is 1. The number of carbonyl (C=O) groups excluding carboxylic acids is 1. The molecular formula is C21H16ClN3O4. The Morgan fingerprint density at radius 3 is 2.10 bits per heavy atom. The fourth-order valence-corrected chi connectivity index (χ4v) is 2.97. The summed E-state index contributed by atoms with van der Waals surface area (Å²) in [6, 6.07) is 21.1. The zero-order valence-electron chi connectivity index (χ0n) is 15.0. The summed E-state index contributed by atoms with van der Waals surface area (Å²) in [4.78, 5) is 23.2. The van der Waals surface area contributed by atoms with Crippen molar-refractivity contribution in [2.75, 3.05) is 0 Å². The van der Waals surface area contributed by atoms with Gasteiger partial charge in [-0.2, -0.15) is 5.10 Å². The third-order valence-corrected chi connectivity index (χ3v) is 4.58. The predicted octanol–water partition coefficient (Wildman–Crippen LogP) is 3.63. The highest BCUT2D eigenvalue weighted by Crippen LogP contribution is 2.30. The number of hydrogen-bond acceptors (Lipinski definition) is 5. The molecule has 0 aliphatic carbocycles. The lowest BCUT2D eigenvalue weighted by Crippen LogP contribution is -2.43. The van der Waals surface area contributed by atoms with E-state index in [1.54, 1.807) is 60.7 Å². The molecule has 0 bridgehead atoms. The van der Waals surface area contributed by atoms with E-state index in [1.165, 1.54) is 24.4 Å². The van der Waals surface area contributed by atoms with E-state index in [1.807, 2.05) is 0 Å². The zero-order chi connectivity index (χ0) is 20.9. The van der Waals surface area contributed by atoms with Crippen LogP contribution in [-0.4, -0.2) is 22.2 Å². The first-order valence-electron chi connectivity index (χ1n) is 8.54. The van der Waals surface area contributed by atoms with E-state index in [0.717, 1.165) is 0 Å². The van der Waals surface area contributed by atoms with Gasteiger partial charge in [-0.05, 0) is 17.2 Å². The van der Waals surface area contributed by atoms with Gasteiger partial charge in [0.05, 0.1) is 11.1 Å². The average Bonchev–Trinajstić information content (AvgIpc) is 2.75. The van der Waals surface area contributed by atoms with E-state index in [-0.39, 0.29) is 10.7 Å². The fourth-order valence-electron chi connectivity index (χ4n) is 2.78. The van der Waals surface area contributed by atoms with Crippen LogP contribution in [0.3, 0.4) is 0 Å². The second-order valence-electron chi connectivity index (χ2n) is 6.11. The topological polar surface area (TPSA) is 105 Å². The lowest BCUT2D eigenvalue weighted by atomic mass is 9.85. The molecule has 29 heavy (non-hydrogen) atoms. The third-order valence-electron chi connectivity index (χ3n) is 4.26. The summed E-state index contributed by atoms with van der Waals surface area (Å²) in [6.45, 7) is 0. The molecule has 0 aliphatic heterocycles. The maximum absolute atomic E-state index is 12.9. The molecule has 0 unspecified atom stereocenters. The molecule has 1 amide bonds. The van der Waals surface area contributed by atoms with Crippen molar-refractivity contribution in [2.24, 2.45) is 5.10 Å². The van der Waals surface area contributed by atoms with Crippen molar-refractivity contribution >= 4 is 29.4 Å². The highest BCUT2D eigenvalue weighted by molar-refractivity contribution is 6.32. The molecule has 0 spiro atoms. The maximum Gasteiger partial charge on any atom is 0.288 e. The number of aliphatic hydroxyl groups is 1. The Labute approximate surface area is 171 Å². The van der Waals surface area contributed by atoms with Crippen molar-refractivity contribution in [3.63, 3.8) is 0 Å². The Kier molecular flexibility index (Phi) is 6.01. The Hall–Kier alpha value is -3.55. The summed E-state index contributed by atoms with van der Waals surface area (Å²) < 4.78 is 0. The average molecular weight is 410 g/mol. The standard InChI is InChI=1S/C21H16ClN3O4/c22-18-12-11-15(13-19(18)25(28)29)14-23-24-20(26)21(27,16-7-3-1-4-8-16)17-9-5-2-6-10-17/h1-14,27H,(H,24,26)/b23-14-. The van der Waals surface area contributed by atoms with Gasteiger partial charge in [0, 0.05) is 11.6 Å². The molecule has 7 nitrogen and oxygen atoms in total. The molecule has 0 saturated heterocycles. The molecular weight excluding hydrogens is 394 g/mol. The van der Waals surface area contributed by atoms with E-state index in [2.05, 4.69) is 10.5 Å². The van der Waals surface area contributed by atoms with E-state index in [0.29, 0.717) is 16.7 Å². The van der Waals surface area contributed by atoms with Crippen LogP contribution in [0, 0.1) is 10.1 Å². The second kappa shape index (κ2) is 8.64. The number of rotatable bonds is 6. The number of hydrazone groups is 1. The molecule has 2 N–H and O–H groups in total. The van der Waals surface area contributed by atoms with E-state index in [9.17, 15) is 20.0 Å². The zero-order valence-corrected chi connectivity index (χ0v) is 15.8. The quantitative estimate of drug-likeness (QED) is 0.368. The second-order valence-corrected chi connectivity index (χ2v) is 6.52. The Morgan fingerprint density at radius 1 is 1.03 bits per heavy atom. The monoisotopic (exact) mass is 409 g/mol.